The van der Waals surface area contributed by atoms with Gasteiger partial charge in [0.1, 0.15) is 0 Å². The third-order valence-corrected chi connectivity index (χ3v) is 3.76. The van der Waals surface area contributed by atoms with Crippen LogP contribution in [0.15, 0.2) is 18.2 Å². The van der Waals surface area contributed by atoms with Gasteiger partial charge < -0.3 is 21.5 Å². The van der Waals surface area contributed by atoms with Crippen molar-refractivity contribution in [3.8, 4) is 0 Å². The van der Waals surface area contributed by atoms with Crippen LogP contribution in [0.5, 0.6) is 0 Å². The van der Waals surface area contributed by atoms with Crippen LogP contribution in [0, 0.1) is 0 Å². The van der Waals surface area contributed by atoms with E-state index in [1.54, 1.807) is 18.2 Å². The lowest BCUT2D eigenvalue weighted by molar-refractivity contribution is 0.0558. The van der Waals surface area contributed by atoms with Crippen LogP contribution in [0.1, 0.15) is 36.0 Å². The Morgan fingerprint density at radius 3 is 2.63 bits per heavy atom. The number of nitrogens with two attached hydrogens (primary N) is 2. The third kappa shape index (κ3) is 2.98. The predicted molar refractivity (Wildman–Crippen MR) is 76.1 cm³/mol. The van der Waals surface area contributed by atoms with Crippen LogP contribution in [0.2, 0.25) is 0 Å². The largest absolute Gasteiger partial charge is 0.399 e. The minimum absolute atomic E-state index is 0.429. The molecule has 0 saturated heterocycles. The fourth-order valence-corrected chi connectivity index (χ4v) is 2.79. The second-order valence-corrected chi connectivity index (χ2v) is 5.43. The number of aliphatic hydroxyl groups is 1. The monoisotopic (exact) mass is 263 g/mol. The molecular formula is C14H21N3O2. The first-order valence-corrected chi connectivity index (χ1v) is 6.54. The molecule has 5 heteroatoms. The summed E-state index contributed by atoms with van der Waals surface area (Å²) < 4.78 is 0. The van der Waals surface area contributed by atoms with Crippen molar-refractivity contribution in [3.05, 3.63) is 23.8 Å². The summed E-state index contributed by atoms with van der Waals surface area (Å²) in [5, 5.41) is 10.4. The quantitative estimate of drug-likeness (QED) is 0.709. The van der Waals surface area contributed by atoms with Crippen LogP contribution >= 0.6 is 0 Å². The Balaban J connectivity index is 2.24. The minimum atomic E-state index is -0.672. The molecule has 1 amide bonds. The number of amides is 1. The van der Waals surface area contributed by atoms with E-state index in [2.05, 4.69) is 0 Å². The predicted octanol–water partition coefficient (Wildman–Crippen LogP) is 1.11. The van der Waals surface area contributed by atoms with Gasteiger partial charge in [0.15, 0.2) is 0 Å². The number of primary amides is 1. The summed E-state index contributed by atoms with van der Waals surface area (Å²) in [4.78, 5) is 13.3. The zero-order valence-corrected chi connectivity index (χ0v) is 11.2. The molecule has 1 aliphatic rings. The highest BCUT2D eigenvalue weighted by molar-refractivity contribution is 5.99. The van der Waals surface area contributed by atoms with E-state index in [1.807, 2.05) is 11.9 Å². The number of carbonyl (C=O) groups is 1. The number of benzene rings is 1. The number of anilines is 2. The normalized spacial score (nSPS) is 17.4. The molecule has 1 aromatic rings. The number of nitrogen functional groups attached to an aromatic ring is 1. The Kier molecular flexibility index (Phi) is 3.66. The van der Waals surface area contributed by atoms with E-state index in [1.165, 1.54) is 0 Å². The number of likely N-dealkylation sites (N-methyl/N-ethyl adjacent to an activating group) is 1. The average Bonchev–Trinajstić information content (AvgIpc) is 2.75. The summed E-state index contributed by atoms with van der Waals surface area (Å²) in [6.07, 6.45) is 3.69. The summed E-state index contributed by atoms with van der Waals surface area (Å²) in [5.74, 6) is -0.486. The molecule has 5 N–H and O–H groups in total. The van der Waals surface area contributed by atoms with E-state index in [-0.39, 0.29) is 0 Å². The van der Waals surface area contributed by atoms with E-state index in [0.717, 1.165) is 25.7 Å². The third-order valence-electron chi connectivity index (χ3n) is 3.76. The van der Waals surface area contributed by atoms with Crippen molar-refractivity contribution in [2.24, 2.45) is 5.73 Å². The summed E-state index contributed by atoms with van der Waals surface area (Å²) in [5.41, 5.74) is 12.1. The number of carbonyl (C=O) groups excluding carboxylic acids is 1. The maximum absolute atomic E-state index is 11.4. The Morgan fingerprint density at radius 1 is 1.42 bits per heavy atom. The number of hydrogen-bond acceptors (Lipinski definition) is 4. The molecule has 0 spiro atoms. The van der Waals surface area contributed by atoms with Gasteiger partial charge in [0.25, 0.3) is 5.91 Å². The molecule has 19 heavy (non-hydrogen) atoms. The van der Waals surface area contributed by atoms with Crippen molar-refractivity contribution in [3.63, 3.8) is 0 Å². The molecule has 0 aliphatic heterocycles. The van der Waals surface area contributed by atoms with Gasteiger partial charge in [-0.3, -0.25) is 4.79 Å². The van der Waals surface area contributed by atoms with E-state index in [9.17, 15) is 9.90 Å². The molecule has 1 saturated carbocycles. The van der Waals surface area contributed by atoms with Gasteiger partial charge in [-0.15, -0.1) is 0 Å². The van der Waals surface area contributed by atoms with Gasteiger partial charge in [-0.2, -0.15) is 0 Å². The van der Waals surface area contributed by atoms with Crippen molar-refractivity contribution >= 4 is 17.3 Å². The van der Waals surface area contributed by atoms with E-state index in [4.69, 9.17) is 11.5 Å². The lowest BCUT2D eigenvalue weighted by Crippen LogP contribution is -2.40. The number of nitrogens with zero attached hydrogens (tertiary/aromatic N) is 1. The highest BCUT2D eigenvalue weighted by Crippen LogP contribution is 2.32. The molecule has 0 bridgehead atoms. The Hall–Kier alpha value is -1.75. The number of rotatable bonds is 4. The van der Waals surface area contributed by atoms with Crippen LogP contribution < -0.4 is 16.4 Å². The number of hydrogen-bond donors (Lipinski definition) is 3. The molecule has 5 nitrogen and oxygen atoms in total. The van der Waals surface area contributed by atoms with E-state index in [0.29, 0.717) is 23.5 Å². The maximum Gasteiger partial charge on any atom is 0.250 e. The van der Waals surface area contributed by atoms with E-state index >= 15 is 0 Å². The maximum atomic E-state index is 11.4. The van der Waals surface area contributed by atoms with Crippen molar-refractivity contribution in [1.82, 2.24) is 0 Å². The topological polar surface area (TPSA) is 92.6 Å². The second kappa shape index (κ2) is 5.09. The SMILES string of the molecule is CN(CC1(O)CCCC1)c1cc(N)ccc1C(N)=O. The molecule has 1 fully saturated rings. The van der Waals surface area contributed by atoms with Crippen LogP contribution in [0.3, 0.4) is 0 Å². The smallest absolute Gasteiger partial charge is 0.250 e. The lowest BCUT2D eigenvalue weighted by Gasteiger charge is -2.31. The molecule has 1 aromatic carbocycles. The Morgan fingerprint density at radius 2 is 2.05 bits per heavy atom. The molecule has 0 heterocycles. The molecular weight excluding hydrogens is 242 g/mol. The molecule has 0 radical (unpaired) electrons. The van der Waals surface area contributed by atoms with Crippen molar-refractivity contribution in [1.29, 1.82) is 0 Å². The van der Waals surface area contributed by atoms with Crippen molar-refractivity contribution in [2.75, 3.05) is 24.2 Å². The standard InChI is InChI=1S/C14H21N3O2/c1-17(9-14(19)6-2-3-7-14)12-8-10(15)4-5-11(12)13(16)18/h4-5,8,19H,2-3,6-7,9,15H2,1H3,(H2,16,18). The lowest BCUT2D eigenvalue weighted by atomic mass is 10.0. The van der Waals surface area contributed by atoms with Crippen molar-refractivity contribution in [2.45, 2.75) is 31.3 Å². The zero-order valence-electron chi connectivity index (χ0n) is 11.2. The first-order valence-electron chi connectivity index (χ1n) is 6.54. The highest BCUT2D eigenvalue weighted by atomic mass is 16.3. The van der Waals surface area contributed by atoms with Gasteiger partial charge in [0.2, 0.25) is 0 Å². The summed E-state index contributed by atoms with van der Waals surface area (Å²) in [6, 6.07) is 5.00. The fraction of sp³-hybridized carbons (Fsp3) is 0.500. The van der Waals surface area contributed by atoms with Gasteiger partial charge in [0, 0.05) is 19.3 Å². The van der Waals surface area contributed by atoms with Gasteiger partial charge in [-0.25, -0.2) is 0 Å². The molecule has 1 aliphatic carbocycles. The van der Waals surface area contributed by atoms with Crippen LogP contribution in [-0.2, 0) is 0 Å². The molecule has 0 aromatic heterocycles. The first kappa shape index (κ1) is 13.7. The van der Waals surface area contributed by atoms with Crippen LogP contribution in [0.25, 0.3) is 0 Å². The average molecular weight is 263 g/mol. The molecule has 2 rings (SSSR count). The Labute approximate surface area is 113 Å². The van der Waals surface area contributed by atoms with Crippen molar-refractivity contribution < 1.29 is 9.90 Å². The summed E-state index contributed by atoms with van der Waals surface area (Å²) in [7, 11) is 1.84. The van der Waals surface area contributed by atoms with Gasteiger partial charge in [-0.1, -0.05) is 12.8 Å². The molecule has 0 atom stereocenters. The van der Waals surface area contributed by atoms with Crippen LogP contribution in [-0.4, -0.2) is 30.2 Å². The second-order valence-electron chi connectivity index (χ2n) is 5.43. The minimum Gasteiger partial charge on any atom is -0.399 e. The first-order chi connectivity index (χ1) is 8.91. The summed E-state index contributed by atoms with van der Waals surface area (Å²) in [6.45, 7) is 0.483. The van der Waals surface area contributed by atoms with Crippen LogP contribution in [0.4, 0.5) is 11.4 Å². The zero-order chi connectivity index (χ0) is 14.0. The highest BCUT2D eigenvalue weighted by Gasteiger charge is 2.32. The molecule has 104 valence electrons. The fourth-order valence-electron chi connectivity index (χ4n) is 2.79. The van der Waals surface area contributed by atoms with E-state index < -0.39 is 11.5 Å². The van der Waals surface area contributed by atoms with Gasteiger partial charge in [-0.05, 0) is 31.0 Å². The Bertz CT molecular complexity index is 482. The molecule has 0 unspecified atom stereocenters. The van der Waals surface area contributed by atoms with Gasteiger partial charge in [0.05, 0.1) is 16.9 Å². The summed E-state index contributed by atoms with van der Waals surface area (Å²) >= 11 is 0. The van der Waals surface area contributed by atoms with Gasteiger partial charge >= 0.3 is 0 Å².